The highest BCUT2D eigenvalue weighted by molar-refractivity contribution is 5.44. The van der Waals surface area contributed by atoms with Gasteiger partial charge in [-0.05, 0) is 37.9 Å². The van der Waals surface area contributed by atoms with Gasteiger partial charge >= 0.3 is 0 Å². The second kappa shape index (κ2) is 4.89. The third-order valence-corrected chi connectivity index (χ3v) is 3.27. The molecule has 1 aliphatic heterocycles. The topological polar surface area (TPSA) is 68.8 Å². The maximum atomic E-state index is 5.25. The Morgan fingerprint density at radius 1 is 1.56 bits per heavy atom. The van der Waals surface area contributed by atoms with E-state index in [4.69, 9.17) is 4.52 Å². The molecule has 3 heterocycles. The molecule has 3 rings (SSSR count). The van der Waals surface area contributed by atoms with Gasteiger partial charge in [0.1, 0.15) is 0 Å². The van der Waals surface area contributed by atoms with Gasteiger partial charge in [-0.15, -0.1) is 0 Å². The minimum atomic E-state index is 0.509. The number of aromatic nitrogens is 4. The van der Waals surface area contributed by atoms with Crippen molar-refractivity contribution in [2.24, 2.45) is 13.0 Å². The number of rotatable bonds is 3. The number of aryl methyl sites for hydroxylation is 1. The van der Waals surface area contributed by atoms with Crippen molar-refractivity contribution in [2.75, 3.05) is 13.1 Å². The predicted octanol–water partition coefficient (Wildman–Crippen LogP) is 1.01. The Labute approximate surface area is 105 Å². The highest BCUT2D eigenvalue weighted by Gasteiger charge is 2.18. The standard InChI is InChI=1S/C12H17N5O/c1-17-6-4-10(15-17)12-14-11(16-18-12)7-9-3-2-5-13-8-9/h4,6,9,13H,2-3,5,7-8H2,1H3. The summed E-state index contributed by atoms with van der Waals surface area (Å²) in [5, 5.41) is 11.7. The molecule has 6 nitrogen and oxygen atoms in total. The number of piperidine rings is 1. The lowest BCUT2D eigenvalue weighted by Gasteiger charge is -2.20. The molecule has 0 aromatic carbocycles. The highest BCUT2D eigenvalue weighted by atomic mass is 16.5. The van der Waals surface area contributed by atoms with E-state index in [1.54, 1.807) is 4.68 Å². The van der Waals surface area contributed by atoms with Crippen molar-refractivity contribution in [2.45, 2.75) is 19.3 Å². The van der Waals surface area contributed by atoms with Gasteiger partial charge in [-0.2, -0.15) is 10.1 Å². The molecule has 0 spiro atoms. The van der Waals surface area contributed by atoms with E-state index in [0.29, 0.717) is 11.8 Å². The zero-order valence-corrected chi connectivity index (χ0v) is 10.5. The van der Waals surface area contributed by atoms with Crippen LogP contribution in [0.1, 0.15) is 18.7 Å². The van der Waals surface area contributed by atoms with E-state index in [9.17, 15) is 0 Å². The lowest BCUT2D eigenvalue weighted by molar-refractivity contribution is 0.359. The smallest absolute Gasteiger partial charge is 0.278 e. The molecule has 1 aliphatic rings. The van der Waals surface area contributed by atoms with Gasteiger partial charge in [0.2, 0.25) is 0 Å². The third-order valence-electron chi connectivity index (χ3n) is 3.27. The quantitative estimate of drug-likeness (QED) is 0.876. The minimum Gasteiger partial charge on any atom is -0.332 e. The summed E-state index contributed by atoms with van der Waals surface area (Å²) in [4.78, 5) is 4.41. The molecule has 18 heavy (non-hydrogen) atoms. The Morgan fingerprint density at radius 2 is 2.50 bits per heavy atom. The van der Waals surface area contributed by atoms with E-state index < -0.39 is 0 Å². The monoisotopic (exact) mass is 247 g/mol. The largest absolute Gasteiger partial charge is 0.332 e. The number of hydrogen-bond donors (Lipinski definition) is 1. The molecule has 0 saturated carbocycles. The molecule has 0 aliphatic carbocycles. The Bertz CT molecular complexity index is 512. The molecular formula is C12H17N5O. The van der Waals surface area contributed by atoms with E-state index in [-0.39, 0.29) is 0 Å². The normalized spacial score (nSPS) is 20.2. The van der Waals surface area contributed by atoms with Crippen LogP contribution in [0, 0.1) is 5.92 Å². The number of hydrogen-bond acceptors (Lipinski definition) is 5. The summed E-state index contributed by atoms with van der Waals surface area (Å²) in [7, 11) is 1.87. The average Bonchev–Trinajstić information content (AvgIpc) is 2.99. The summed E-state index contributed by atoms with van der Waals surface area (Å²) < 4.78 is 6.97. The molecule has 6 heteroatoms. The van der Waals surface area contributed by atoms with Crippen molar-refractivity contribution in [1.82, 2.24) is 25.2 Å². The van der Waals surface area contributed by atoms with Crippen molar-refractivity contribution in [3.8, 4) is 11.6 Å². The van der Waals surface area contributed by atoms with Crippen LogP contribution in [0.25, 0.3) is 11.6 Å². The molecular weight excluding hydrogens is 230 g/mol. The molecule has 2 aromatic heterocycles. The zero-order chi connectivity index (χ0) is 12.4. The van der Waals surface area contributed by atoms with Crippen LogP contribution in [0.2, 0.25) is 0 Å². The van der Waals surface area contributed by atoms with Gasteiger partial charge in [0.25, 0.3) is 5.89 Å². The Balaban J connectivity index is 1.69. The molecule has 0 bridgehead atoms. The van der Waals surface area contributed by atoms with Gasteiger partial charge in [-0.1, -0.05) is 5.16 Å². The van der Waals surface area contributed by atoms with Crippen LogP contribution in [0.4, 0.5) is 0 Å². The highest BCUT2D eigenvalue weighted by Crippen LogP contribution is 2.18. The van der Waals surface area contributed by atoms with Crippen molar-refractivity contribution in [3.05, 3.63) is 18.1 Å². The van der Waals surface area contributed by atoms with Crippen LogP contribution in [0.3, 0.4) is 0 Å². The first-order valence-electron chi connectivity index (χ1n) is 6.34. The summed E-state index contributed by atoms with van der Waals surface area (Å²) in [5.74, 6) is 1.91. The maximum Gasteiger partial charge on any atom is 0.278 e. The summed E-state index contributed by atoms with van der Waals surface area (Å²) in [6, 6.07) is 1.87. The molecule has 1 saturated heterocycles. The number of nitrogens with one attached hydrogen (secondary N) is 1. The molecule has 1 fully saturated rings. The maximum absolute atomic E-state index is 5.25. The predicted molar refractivity (Wildman–Crippen MR) is 65.8 cm³/mol. The lowest BCUT2D eigenvalue weighted by atomic mass is 9.96. The molecule has 2 aromatic rings. The SMILES string of the molecule is Cn1ccc(-c2nc(CC3CCCNC3)no2)n1. The average molecular weight is 247 g/mol. The molecule has 1 unspecified atom stereocenters. The van der Waals surface area contributed by atoms with Gasteiger partial charge in [-0.25, -0.2) is 0 Å². The second-order valence-corrected chi connectivity index (χ2v) is 4.81. The van der Waals surface area contributed by atoms with E-state index in [1.807, 2.05) is 19.3 Å². The summed E-state index contributed by atoms with van der Waals surface area (Å²) >= 11 is 0. The zero-order valence-electron chi connectivity index (χ0n) is 10.5. The summed E-state index contributed by atoms with van der Waals surface area (Å²) in [6.07, 6.45) is 5.21. The van der Waals surface area contributed by atoms with Crippen LogP contribution in [-0.4, -0.2) is 33.0 Å². The van der Waals surface area contributed by atoms with Gasteiger partial charge in [0.15, 0.2) is 11.5 Å². The van der Waals surface area contributed by atoms with Crippen molar-refractivity contribution in [1.29, 1.82) is 0 Å². The van der Waals surface area contributed by atoms with Gasteiger partial charge in [0, 0.05) is 19.7 Å². The van der Waals surface area contributed by atoms with Gasteiger partial charge in [0.05, 0.1) is 0 Å². The third kappa shape index (κ3) is 2.43. The van der Waals surface area contributed by atoms with E-state index in [0.717, 1.165) is 31.0 Å². The Hall–Kier alpha value is -1.69. The van der Waals surface area contributed by atoms with Crippen molar-refractivity contribution in [3.63, 3.8) is 0 Å². The first kappa shape index (κ1) is 11.4. The molecule has 0 radical (unpaired) electrons. The molecule has 96 valence electrons. The minimum absolute atomic E-state index is 0.509. The van der Waals surface area contributed by atoms with Crippen LogP contribution in [0.15, 0.2) is 16.8 Å². The Kier molecular flexibility index (Phi) is 3.10. The summed E-state index contributed by atoms with van der Waals surface area (Å²) in [6.45, 7) is 2.18. The first-order chi connectivity index (χ1) is 8.81. The summed E-state index contributed by atoms with van der Waals surface area (Å²) in [5.41, 5.74) is 0.734. The lowest BCUT2D eigenvalue weighted by Crippen LogP contribution is -2.31. The fraction of sp³-hybridized carbons (Fsp3) is 0.583. The first-order valence-corrected chi connectivity index (χ1v) is 6.34. The van der Waals surface area contributed by atoms with E-state index in [2.05, 4.69) is 20.6 Å². The molecule has 1 atom stereocenters. The van der Waals surface area contributed by atoms with Gasteiger partial charge < -0.3 is 9.84 Å². The van der Waals surface area contributed by atoms with Crippen LogP contribution >= 0.6 is 0 Å². The Morgan fingerprint density at radius 3 is 3.22 bits per heavy atom. The van der Waals surface area contributed by atoms with Crippen LogP contribution < -0.4 is 5.32 Å². The van der Waals surface area contributed by atoms with Crippen LogP contribution in [-0.2, 0) is 13.5 Å². The van der Waals surface area contributed by atoms with Crippen molar-refractivity contribution >= 4 is 0 Å². The number of nitrogens with zero attached hydrogens (tertiary/aromatic N) is 4. The van der Waals surface area contributed by atoms with Gasteiger partial charge in [-0.3, -0.25) is 4.68 Å². The fourth-order valence-electron chi connectivity index (χ4n) is 2.33. The molecule has 0 amide bonds. The van der Waals surface area contributed by atoms with Crippen LogP contribution in [0.5, 0.6) is 0 Å². The van der Waals surface area contributed by atoms with E-state index in [1.165, 1.54) is 12.8 Å². The molecule has 1 N–H and O–H groups in total. The fourth-order valence-corrected chi connectivity index (χ4v) is 2.33. The second-order valence-electron chi connectivity index (χ2n) is 4.81. The van der Waals surface area contributed by atoms with E-state index >= 15 is 0 Å². The van der Waals surface area contributed by atoms with Crippen molar-refractivity contribution < 1.29 is 4.52 Å².